The number of ether oxygens (including phenoxy) is 3. The molecule has 0 atom stereocenters. The van der Waals surface area contributed by atoms with Gasteiger partial charge >= 0.3 is 0 Å². The van der Waals surface area contributed by atoms with E-state index in [0.717, 1.165) is 23.8 Å². The van der Waals surface area contributed by atoms with E-state index in [1.54, 1.807) is 0 Å². The molecule has 16 heteroatoms. The topological polar surface area (TPSA) is 170 Å². The molecule has 1 N–H and O–H groups in total. The number of aliphatic hydroxyl groups excluding tert-OH is 1. The smallest absolute Gasteiger partial charge is 0.242 e. The third kappa shape index (κ3) is 16.2. The third-order valence-electron chi connectivity index (χ3n) is 9.42. The largest absolute Gasteiger partial charge is 0.400 e. The number of hydrogen-bond acceptors (Lipinski definition) is 10. The molecule has 3 aromatic carbocycles. The van der Waals surface area contributed by atoms with Crippen molar-refractivity contribution in [2.45, 2.75) is 19.6 Å². The second kappa shape index (κ2) is 26.3. The normalized spacial score (nSPS) is 15.6. The lowest BCUT2D eigenvalue weighted by atomic mass is 10.2. The van der Waals surface area contributed by atoms with Crippen LogP contribution in [0.4, 0.5) is 0 Å². The molecule has 0 bridgehead atoms. The summed E-state index contributed by atoms with van der Waals surface area (Å²) in [6.45, 7) is -1.87. The van der Waals surface area contributed by atoms with Crippen molar-refractivity contribution in [3.63, 3.8) is 0 Å². The summed E-state index contributed by atoms with van der Waals surface area (Å²) in [7, 11) is 5.42. The molecule has 0 unspecified atom stereocenters. The van der Waals surface area contributed by atoms with E-state index in [0.29, 0.717) is 0 Å². The highest BCUT2D eigenvalue weighted by Gasteiger charge is 2.31. The SMILES string of the molecule is CO.COCCN1CC(=O)N(Cc2ccccc2)CC(=O)N(CCOC)CC(=O)N(Cc2ccccc2)CC(=O)N(CCOC)CC(=O)N(Cc2ccccc2)CC1=O. The van der Waals surface area contributed by atoms with E-state index in [1.165, 1.54) is 50.7 Å². The van der Waals surface area contributed by atoms with Crippen molar-refractivity contribution in [2.24, 2.45) is 0 Å². The van der Waals surface area contributed by atoms with Crippen LogP contribution in [0.5, 0.6) is 0 Å². The zero-order valence-corrected chi connectivity index (χ0v) is 34.6. The van der Waals surface area contributed by atoms with Crippen LogP contribution in [0.3, 0.4) is 0 Å². The van der Waals surface area contributed by atoms with Gasteiger partial charge in [-0.05, 0) is 16.7 Å². The predicted molar refractivity (Wildman–Crippen MR) is 219 cm³/mol. The van der Waals surface area contributed by atoms with Crippen molar-refractivity contribution in [3.8, 4) is 0 Å². The highest BCUT2D eigenvalue weighted by molar-refractivity contribution is 5.93. The van der Waals surface area contributed by atoms with Crippen LogP contribution < -0.4 is 0 Å². The molecule has 0 radical (unpaired) electrons. The highest BCUT2D eigenvalue weighted by Crippen LogP contribution is 2.13. The number of benzene rings is 3. The first-order chi connectivity index (χ1) is 28.6. The Balaban J connectivity index is 0.00000458. The Labute approximate surface area is 346 Å². The molecule has 3 aromatic rings. The van der Waals surface area contributed by atoms with Gasteiger partial charge < -0.3 is 48.7 Å². The average molecular weight is 819 g/mol. The van der Waals surface area contributed by atoms with E-state index >= 15 is 0 Å². The lowest BCUT2D eigenvalue weighted by molar-refractivity contribution is -0.151. The van der Waals surface area contributed by atoms with Gasteiger partial charge in [0.1, 0.15) is 19.6 Å². The predicted octanol–water partition coefficient (Wildman–Crippen LogP) is 1.12. The van der Waals surface area contributed by atoms with Crippen molar-refractivity contribution in [2.75, 3.05) is 107 Å². The Morgan fingerprint density at radius 1 is 0.373 bits per heavy atom. The van der Waals surface area contributed by atoms with E-state index < -0.39 is 74.7 Å². The number of amides is 6. The fraction of sp³-hybridized carbons (Fsp3) is 0.442. The Bertz CT molecular complexity index is 1550. The standard InChI is InChI=1S/C42H54N6O9.CH4O/c1-55-22-19-43-28-40(52)47(26-35-15-9-5-10-16-35)32-38(50)45(21-24-57-3)30-42(54)48(27-36-17-11-6-12-18-36)33-39(51)44(20-23-56-2)29-41(53)46(31-37(43)49)25-34-13-7-4-8-14-34;1-2/h4-18H,19-33H2,1-3H3;2H,1H3. The summed E-state index contributed by atoms with van der Waals surface area (Å²) >= 11 is 0. The molecule has 1 aliphatic heterocycles. The summed E-state index contributed by atoms with van der Waals surface area (Å²) in [6.07, 6.45) is 0. The second-order valence-electron chi connectivity index (χ2n) is 13.6. The van der Waals surface area contributed by atoms with E-state index in [9.17, 15) is 28.8 Å². The number of nitrogens with zero attached hydrogens (tertiary/aromatic N) is 6. The van der Waals surface area contributed by atoms with Crippen LogP contribution in [0.2, 0.25) is 0 Å². The van der Waals surface area contributed by atoms with Gasteiger partial charge in [-0.15, -0.1) is 0 Å². The second-order valence-corrected chi connectivity index (χ2v) is 13.6. The molecule has 16 nitrogen and oxygen atoms in total. The van der Waals surface area contributed by atoms with Crippen molar-refractivity contribution in [3.05, 3.63) is 108 Å². The van der Waals surface area contributed by atoms with Gasteiger partial charge in [0.15, 0.2) is 0 Å². The first-order valence-electron chi connectivity index (χ1n) is 19.3. The van der Waals surface area contributed by atoms with E-state index in [2.05, 4.69) is 0 Å². The fourth-order valence-electron chi connectivity index (χ4n) is 6.17. The number of aliphatic hydroxyl groups is 1. The average Bonchev–Trinajstić information content (AvgIpc) is 3.25. The van der Waals surface area contributed by atoms with Gasteiger partial charge in [-0.25, -0.2) is 0 Å². The molecule has 1 heterocycles. The Hall–Kier alpha value is -5.68. The van der Waals surface area contributed by atoms with Crippen LogP contribution in [-0.4, -0.2) is 177 Å². The molecule has 1 fully saturated rings. The van der Waals surface area contributed by atoms with E-state index in [-0.39, 0.29) is 59.1 Å². The lowest BCUT2D eigenvalue weighted by Gasteiger charge is -2.33. The summed E-state index contributed by atoms with van der Waals surface area (Å²) in [6, 6.07) is 27.4. The zero-order valence-electron chi connectivity index (χ0n) is 34.6. The van der Waals surface area contributed by atoms with Gasteiger partial charge in [-0.2, -0.15) is 0 Å². The maximum Gasteiger partial charge on any atom is 0.242 e. The first kappa shape index (κ1) is 47.7. The molecule has 0 saturated carbocycles. The molecule has 4 rings (SSSR count). The van der Waals surface area contributed by atoms with Gasteiger partial charge in [0.2, 0.25) is 35.4 Å². The summed E-state index contributed by atoms with van der Waals surface area (Å²) in [4.78, 5) is 93.1. The third-order valence-corrected chi connectivity index (χ3v) is 9.42. The van der Waals surface area contributed by atoms with E-state index in [4.69, 9.17) is 19.3 Å². The Morgan fingerprint density at radius 3 is 0.797 bits per heavy atom. The summed E-state index contributed by atoms with van der Waals surface area (Å²) in [5.41, 5.74) is 2.25. The molecule has 6 amide bonds. The number of rotatable bonds is 15. The van der Waals surface area contributed by atoms with Gasteiger partial charge in [0, 0.05) is 67.7 Å². The summed E-state index contributed by atoms with van der Waals surface area (Å²) in [5.74, 6) is -3.11. The molecular weight excluding hydrogens is 761 g/mol. The van der Waals surface area contributed by atoms with Crippen molar-refractivity contribution < 1.29 is 48.1 Å². The Kier molecular flexibility index (Phi) is 21.3. The van der Waals surface area contributed by atoms with Gasteiger partial charge in [0.25, 0.3) is 0 Å². The number of carbonyl (C=O) groups excluding carboxylic acids is 6. The zero-order chi connectivity index (χ0) is 43.0. The minimum atomic E-state index is -0.520. The van der Waals surface area contributed by atoms with Crippen molar-refractivity contribution in [1.29, 1.82) is 0 Å². The van der Waals surface area contributed by atoms with Crippen LogP contribution in [0.25, 0.3) is 0 Å². The van der Waals surface area contributed by atoms with E-state index in [1.807, 2.05) is 91.0 Å². The van der Waals surface area contributed by atoms with Gasteiger partial charge in [-0.1, -0.05) is 91.0 Å². The molecule has 320 valence electrons. The molecular formula is C43H58N6O10. The highest BCUT2D eigenvalue weighted by atomic mass is 16.5. The molecule has 1 saturated heterocycles. The van der Waals surface area contributed by atoms with Gasteiger partial charge in [0.05, 0.1) is 39.5 Å². The number of hydrogen-bond donors (Lipinski definition) is 1. The maximum absolute atomic E-state index is 14.2. The van der Waals surface area contributed by atoms with Crippen molar-refractivity contribution in [1.82, 2.24) is 29.4 Å². The molecule has 0 spiro atoms. The van der Waals surface area contributed by atoms with Crippen LogP contribution in [0.1, 0.15) is 16.7 Å². The quantitative estimate of drug-likeness (QED) is 0.235. The lowest BCUT2D eigenvalue weighted by Crippen LogP contribution is -2.53. The number of carbonyl (C=O) groups is 6. The Morgan fingerprint density at radius 2 is 0.576 bits per heavy atom. The van der Waals surface area contributed by atoms with Crippen molar-refractivity contribution >= 4 is 35.4 Å². The summed E-state index contributed by atoms with van der Waals surface area (Å²) < 4.78 is 15.9. The molecule has 59 heavy (non-hydrogen) atoms. The van der Waals surface area contributed by atoms with Crippen LogP contribution in [0, 0.1) is 0 Å². The molecule has 0 aliphatic carbocycles. The minimum absolute atomic E-state index is 0.0335. The molecule has 0 aromatic heterocycles. The summed E-state index contributed by atoms with van der Waals surface area (Å²) in [5, 5.41) is 7.00. The number of methoxy groups -OCH3 is 3. The fourth-order valence-corrected chi connectivity index (χ4v) is 6.17. The maximum atomic E-state index is 14.2. The monoisotopic (exact) mass is 818 g/mol. The first-order valence-corrected chi connectivity index (χ1v) is 19.3. The molecule has 1 aliphatic rings. The van der Waals surface area contributed by atoms with Gasteiger partial charge in [-0.3, -0.25) is 28.8 Å². The van der Waals surface area contributed by atoms with Crippen LogP contribution >= 0.6 is 0 Å². The van der Waals surface area contributed by atoms with Crippen LogP contribution in [0.15, 0.2) is 91.0 Å². The van der Waals surface area contributed by atoms with Crippen LogP contribution in [-0.2, 0) is 62.6 Å². The minimum Gasteiger partial charge on any atom is -0.400 e.